The molecule has 0 heterocycles. The van der Waals surface area contributed by atoms with Crippen LogP contribution in [0.2, 0.25) is 0 Å². The number of hydrogen-bond donors (Lipinski definition) is 2. The van der Waals surface area contributed by atoms with Crippen molar-refractivity contribution in [1.29, 1.82) is 0 Å². The van der Waals surface area contributed by atoms with E-state index in [2.05, 4.69) is 5.32 Å². The first-order chi connectivity index (χ1) is 10.5. The molecule has 4 nitrogen and oxygen atoms in total. The molecular weight excluding hydrogens is 309 g/mol. The maximum absolute atomic E-state index is 12.7. The number of carbonyl (C=O) groups excluding carboxylic acids is 2. The van der Waals surface area contributed by atoms with Crippen molar-refractivity contribution in [1.82, 2.24) is 5.32 Å². The minimum absolute atomic E-state index is 0.138. The van der Waals surface area contributed by atoms with Crippen molar-refractivity contribution in [2.75, 3.05) is 0 Å². The SMILES string of the molecule is CC(C)[C@H](NC(=O)[C@@H](C)Cc1cccc(C(F)(F)F)c1)C(N)=O. The summed E-state index contributed by atoms with van der Waals surface area (Å²) in [5, 5.41) is 2.55. The highest BCUT2D eigenvalue weighted by atomic mass is 19.4. The van der Waals surface area contributed by atoms with E-state index in [4.69, 9.17) is 5.73 Å². The number of nitrogens with two attached hydrogens (primary N) is 1. The van der Waals surface area contributed by atoms with Crippen molar-refractivity contribution in [3.63, 3.8) is 0 Å². The highest BCUT2D eigenvalue weighted by Crippen LogP contribution is 2.30. The van der Waals surface area contributed by atoms with E-state index >= 15 is 0 Å². The number of rotatable bonds is 6. The Hall–Kier alpha value is -2.05. The van der Waals surface area contributed by atoms with Crippen LogP contribution in [0.4, 0.5) is 13.2 Å². The molecule has 1 aromatic carbocycles. The van der Waals surface area contributed by atoms with E-state index in [9.17, 15) is 22.8 Å². The average molecular weight is 330 g/mol. The molecule has 1 aromatic rings. The first-order valence-corrected chi connectivity index (χ1v) is 7.28. The summed E-state index contributed by atoms with van der Waals surface area (Å²) in [5.74, 6) is -1.81. The van der Waals surface area contributed by atoms with Crippen molar-refractivity contribution in [2.24, 2.45) is 17.6 Å². The fraction of sp³-hybridized carbons (Fsp3) is 0.500. The number of carbonyl (C=O) groups is 2. The molecule has 0 aliphatic carbocycles. The molecule has 2 amide bonds. The number of hydrogen-bond acceptors (Lipinski definition) is 2. The fourth-order valence-electron chi connectivity index (χ4n) is 2.18. The lowest BCUT2D eigenvalue weighted by Crippen LogP contribution is -2.49. The van der Waals surface area contributed by atoms with Crippen LogP contribution in [0.5, 0.6) is 0 Å². The van der Waals surface area contributed by atoms with Gasteiger partial charge in [-0.25, -0.2) is 0 Å². The fourth-order valence-corrected chi connectivity index (χ4v) is 2.18. The molecular formula is C16H21F3N2O2. The Bertz CT molecular complexity index is 571. The Kier molecular flexibility index (Phi) is 6.18. The summed E-state index contributed by atoms with van der Waals surface area (Å²) in [7, 11) is 0. The van der Waals surface area contributed by atoms with Crippen LogP contribution in [0.3, 0.4) is 0 Å². The Balaban J connectivity index is 2.77. The Morgan fingerprint density at radius 3 is 2.30 bits per heavy atom. The summed E-state index contributed by atoms with van der Waals surface area (Å²) in [5.41, 5.74) is 4.88. The number of alkyl halides is 3. The predicted molar refractivity (Wildman–Crippen MR) is 80.3 cm³/mol. The number of amides is 2. The monoisotopic (exact) mass is 330 g/mol. The van der Waals surface area contributed by atoms with Crippen molar-refractivity contribution >= 4 is 11.8 Å². The third kappa shape index (κ3) is 5.58. The topological polar surface area (TPSA) is 72.2 Å². The Morgan fingerprint density at radius 2 is 1.83 bits per heavy atom. The quantitative estimate of drug-likeness (QED) is 0.841. The molecule has 0 saturated carbocycles. The molecule has 0 aromatic heterocycles. The standard InChI is InChI=1S/C16H21F3N2O2/c1-9(2)13(14(20)22)21-15(23)10(3)7-11-5-4-6-12(8-11)16(17,18)19/h4-6,8-10,13H,7H2,1-3H3,(H2,20,22)(H,21,23)/t10-,13-/m0/s1. The summed E-state index contributed by atoms with van der Waals surface area (Å²) in [6.45, 7) is 5.08. The Morgan fingerprint density at radius 1 is 1.22 bits per heavy atom. The zero-order valence-corrected chi connectivity index (χ0v) is 13.3. The van der Waals surface area contributed by atoms with Gasteiger partial charge in [-0.3, -0.25) is 9.59 Å². The van der Waals surface area contributed by atoms with Gasteiger partial charge in [-0.15, -0.1) is 0 Å². The van der Waals surface area contributed by atoms with E-state index in [1.165, 1.54) is 12.1 Å². The highest BCUT2D eigenvalue weighted by molar-refractivity contribution is 5.87. The van der Waals surface area contributed by atoms with Crippen LogP contribution in [0, 0.1) is 11.8 Å². The lowest BCUT2D eigenvalue weighted by atomic mass is 9.97. The summed E-state index contributed by atoms with van der Waals surface area (Å²) >= 11 is 0. The molecule has 3 N–H and O–H groups in total. The highest BCUT2D eigenvalue weighted by Gasteiger charge is 2.30. The van der Waals surface area contributed by atoms with E-state index in [1.807, 2.05) is 0 Å². The molecule has 1 rings (SSSR count). The molecule has 0 aliphatic rings. The molecule has 0 radical (unpaired) electrons. The smallest absolute Gasteiger partial charge is 0.368 e. The lowest BCUT2D eigenvalue weighted by molar-refractivity contribution is -0.137. The third-order valence-electron chi connectivity index (χ3n) is 3.51. The number of benzene rings is 1. The van der Waals surface area contributed by atoms with Gasteiger partial charge < -0.3 is 11.1 Å². The van der Waals surface area contributed by atoms with E-state index in [-0.39, 0.29) is 12.3 Å². The van der Waals surface area contributed by atoms with Gasteiger partial charge in [0.05, 0.1) is 5.56 Å². The van der Waals surface area contributed by atoms with Crippen LogP contribution >= 0.6 is 0 Å². The second kappa shape index (κ2) is 7.48. The molecule has 2 atom stereocenters. The van der Waals surface area contributed by atoms with Gasteiger partial charge in [0.2, 0.25) is 11.8 Å². The van der Waals surface area contributed by atoms with Gasteiger partial charge in [0, 0.05) is 5.92 Å². The van der Waals surface area contributed by atoms with Crippen LogP contribution in [0.25, 0.3) is 0 Å². The van der Waals surface area contributed by atoms with Crippen molar-refractivity contribution in [3.05, 3.63) is 35.4 Å². The molecule has 7 heteroatoms. The van der Waals surface area contributed by atoms with Gasteiger partial charge >= 0.3 is 6.18 Å². The van der Waals surface area contributed by atoms with Gasteiger partial charge in [-0.05, 0) is 24.0 Å². The maximum Gasteiger partial charge on any atom is 0.416 e. The van der Waals surface area contributed by atoms with Gasteiger partial charge in [0.15, 0.2) is 0 Å². The first-order valence-electron chi connectivity index (χ1n) is 7.28. The van der Waals surface area contributed by atoms with Crippen LogP contribution < -0.4 is 11.1 Å². The van der Waals surface area contributed by atoms with Crippen molar-refractivity contribution in [2.45, 2.75) is 39.4 Å². The van der Waals surface area contributed by atoms with Crippen LogP contribution in [0.1, 0.15) is 31.9 Å². The van der Waals surface area contributed by atoms with E-state index in [0.717, 1.165) is 12.1 Å². The minimum Gasteiger partial charge on any atom is -0.368 e. The van der Waals surface area contributed by atoms with Gasteiger partial charge in [-0.1, -0.05) is 39.0 Å². The first kappa shape index (κ1) is 19.0. The van der Waals surface area contributed by atoms with Crippen molar-refractivity contribution < 1.29 is 22.8 Å². The average Bonchev–Trinajstić information content (AvgIpc) is 2.43. The molecule has 0 bridgehead atoms. The maximum atomic E-state index is 12.7. The summed E-state index contributed by atoms with van der Waals surface area (Å²) in [6, 6.07) is 4.05. The van der Waals surface area contributed by atoms with Crippen LogP contribution in [0.15, 0.2) is 24.3 Å². The molecule has 0 aliphatic heterocycles. The summed E-state index contributed by atoms with van der Waals surface area (Å²) in [6.07, 6.45) is -4.28. The zero-order chi connectivity index (χ0) is 17.8. The lowest BCUT2D eigenvalue weighted by Gasteiger charge is -2.21. The summed E-state index contributed by atoms with van der Waals surface area (Å²) in [4.78, 5) is 23.4. The Labute approximate surface area is 133 Å². The molecule has 0 saturated heterocycles. The second-order valence-electron chi connectivity index (χ2n) is 5.94. The summed E-state index contributed by atoms with van der Waals surface area (Å²) < 4.78 is 38.0. The number of nitrogens with one attached hydrogen (secondary N) is 1. The van der Waals surface area contributed by atoms with Crippen molar-refractivity contribution in [3.8, 4) is 0 Å². The largest absolute Gasteiger partial charge is 0.416 e. The molecule has 0 fully saturated rings. The molecule has 0 unspecified atom stereocenters. The minimum atomic E-state index is -4.42. The second-order valence-corrected chi connectivity index (χ2v) is 5.94. The molecule has 0 spiro atoms. The predicted octanol–water partition coefficient (Wildman–Crippen LogP) is 2.51. The van der Waals surface area contributed by atoms with E-state index in [1.54, 1.807) is 20.8 Å². The number of primary amides is 1. The molecule has 23 heavy (non-hydrogen) atoms. The van der Waals surface area contributed by atoms with E-state index in [0.29, 0.717) is 5.56 Å². The van der Waals surface area contributed by atoms with Crippen LogP contribution in [-0.2, 0) is 22.2 Å². The number of halogens is 3. The van der Waals surface area contributed by atoms with Crippen LogP contribution in [-0.4, -0.2) is 17.9 Å². The van der Waals surface area contributed by atoms with Gasteiger partial charge in [-0.2, -0.15) is 13.2 Å². The molecule has 128 valence electrons. The zero-order valence-electron chi connectivity index (χ0n) is 13.3. The van der Waals surface area contributed by atoms with Gasteiger partial charge in [0.25, 0.3) is 0 Å². The third-order valence-corrected chi connectivity index (χ3v) is 3.51. The van der Waals surface area contributed by atoms with Gasteiger partial charge in [0.1, 0.15) is 6.04 Å². The normalized spacial score (nSPS) is 14.4. The van der Waals surface area contributed by atoms with E-state index < -0.39 is 35.5 Å².